The third-order valence-electron chi connectivity index (χ3n) is 5.16. The average Bonchev–Trinajstić information content (AvgIpc) is 3.33. The van der Waals surface area contributed by atoms with E-state index < -0.39 is 36.0 Å². The van der Waals surface area contributed by atoms with E-state index in [1.54, 1.807) is 13.8 Å². The third-order valence-corrected chi connectivity index (χ3v) is 5.16. The van der Waals surface area contributed by atoms with E-state index in [0.29, 0.717) is 22.2 Å². The van der Waals surface area contributed by atoms with Gasteiger partial charge in [0.25, 0.3) is 0 Å². The summed E-state index contributed by atoms with van der Waals surface area (Å²) >= 11 is 0. The van der Waals surface area contributed by atoms with Gasteiger partial charge in [-0.3, -0.25) is 4.79 Å². The lowest BCUT2D eigenvalue weighted by molar-refractivity contribution is -0.182. The normalized spacial score (nSPS) is 28.0. The zero-order valence-corrected chi connectivity index (χ0v) is 15.7. The van der Waals surface area contributed by atoms with Crippen LogP contribution >= 0.6 is 0 Å². The van der Waals surface area contributed by atoms with Crippen molar-refractivity contribution in [1.29, 1.82) is 0 Å². The van der Waals surface area contributed by atoms with Gasteiger partial charge in [-0.2, -0.15) is 0 Å². The highest BCUT2D eigenvalue weighted by Crippen LogP contribution is 2.47. The highest BCUT2D eigenvalue weighted by atomic mass is 19.1. The van der Waals surface area contributed by atoms with Crippen LogP contribution in [0.25, 0.3) is 11.1 Å². The molecule has 2 fully saturated rings. The zero-order chi connectivity index (χ0) is 20.3. The molecule has 0 spiro atoms. The topological polar surface area (TPSA) is 110 Å². The number of Topliss-reactive ketones (excluding diaryl/α,β-unsaturated/α-hetero) is 1. The van der Waals surface area contributed by atoms with Crippen LogP contribution in [0.1, 0.15) is 35.9 Å². The number of anilines is 1. The molecule has 4 heterocycles. The molecule has 0 aliphatic carbocycles. The second-order valence-electron chi connectivity index (χ2n) is 7.54. The van der Waals surface area contributed by atoms with Crippen LogP contribution in [0.3, 0.4) is 0 Å². The van der Waals surface area contributed by atoms with Gasteiger partial charge >= 0.3 is 0 Å². The van der Waals surface area contributed by atoms with Crippen LogP contribution in [0.15, 0.2) is 41.3 Å². The molecule has 2 aromatic heterocycles. The van der Waals surface area contributed by atoms with Crippen LogP contribution in [0, 0.1) is 5.82 Å². The van der Waals surface area contributed by atoms with Gasteiger partial charge in [-0.25, -0.2) is 14.4 Å². The number of hydrogen-bond acceptors (Lipinski definition) is 8. The Balaban J connectivity index is 1.54. The Morgan fingerprint density at radius 3 is 2.62 bits per heavy atom. The van der Waals surface area contributed by atoms with Gasteiger partial charge in [-0.15, -0.1) is 0 Å². The minimum atomic E-state index is -0.929. The van der Waals surface area contributed by atoms with Crippen molar-refractivity contribution >= 4 is 22.7 Å². The van der Waals surface area contributed by atoms with Gasteiger partial charge in [0.15, 0.2) is 29.1 Å². The van der Waals surface area contributed by atoms with Gasteiger partial charge in [0, 0.05) is 11.1 Å². The van der Waals surface area contributed by atoms with Crippen molar-refractivity contribution in [2.75, 3.05) is 5.73 Å². The molecule has 150 valence electrons. The molecule has 2 saturated heterocycles. The fourth-order valence-corrected chi connectivity index (χ4v) is 3.93. The third kappa shape index (κ3) is 2.89. The van der Waals surface area contributed by atoms with E-state index in [2.05, 4.69) is 9.97 Å². The number of furan rings is 1. The number of carbonyl (C=O) groups excluding carboxylic acids is 1. The van der Waals surface area contributed by atoms with Crippen molar-refractivity contribution in [3.63, 3.8) is 0 Å². The molecule has 2 aliphatic rings. The van der Waals surface area contributed by atoms with E-state index in [1.807, 2.05) is 0 Å². The number of rotatable bonds is 3. The maximum absolute atomic E-state index is 13.3. The summed E-state index contributed by atoms with van der Waals surface area (Å²) in [7, 11) is 0. The smallest absolute Gasteiger partial charge is 0.194 e. The quantitative estimate of drug-likeness (QED) is 0.670. The Morgan fingerprint density at radius 2 is 1.86 bits per heavy atom. The highest BCUT2D eigenvalue weighted by Gasteiger charge is 2.58. The van der Waals surface area contributed by atoms with E-state index in [0.717, 1.165) is 0 Å². The molecule has 2 N–H and O–H groups in total. The Morgan fingerprint density at radius 1 is 1.14 bits per heavy atom. The minimum absolute atomic E-state index is 0.207. The van der Waals surface area contributed by atoms with E-state index in [-0.39, 0.29) is 11.6 Å². The molecule has 5 rings (SSSR count). The first-order chi connectivity index (χ1) is 13.8. The SMILES string of the molecule is CC1(C)O[C@@H]2[C@H](O1)[C@@H](C(=O)c1ccc(F)cc1)O[C@H]2c1coc2c(N)ncnc12. The van der Waals surface area contributed by atoms with Gasteiger partial charge in [0.1, 0.15) is 36.0 Å². The number of fused-ring (bicyclic) bond motifs is 2. The number of nitrogens with two attached hydrogens (primary N) is 1. The van der Waals surface area contributed by atoms with Crippen molar-refractivity contribution in [1.82, 2.24) is 9.97 Å². The predicted octanol–water partition coefficient (Wildman–Crippen LogP) is 2.79. The fraction of sp³-hybridized carbons (Fsp3) is 0.350. The first kappa shape index (κ1) is 18.2. The summed E-state index contributed by atoms with van der Waals surface area (Å²) in [4.78, 5) is 21.3. The standard InChI is InChI=1S/C20H18FN3O5/c1-20(2)28-17-14(11-7-26-15-12(11)23-8-24-19(15)22)27-16(18(17)29-20)13(25)9-3-5-10(21)6-4-9/h3-8,14,16-18H,1-2H3,(H2,22,23,24)/t14-,16+,17-,18+/m0/s1. The number of ketones is 1. The Kier molecular flexibility index (Phi) is 3.95. The summed E-state index contributed by atoms with van der Waals surface area (Å²) in [6, 6.07) is 5.31. The second-order valence-corrected chi connectivity index (χ2v) is 7.54. The number of nitrogens with zero attached hydrogens (tertiary/aromatic N) is 2. The number of aromatic nitrogens is 2. The number of benzene rings is 1. The first-order valence-corrected chi connectivity index (χ1v) is 9.12. The number of hydrogen-bond donors (Lipinski definition) is 1. The molecule has 0 amide bonds. The minimum Gasteiger partial charge on any atom is -0.458 e. The molecule has 0 radical (unpaired) electrons. The summed E-state index contributed by atoms with van der Waals surface area (Å²) in [5, 5.41) is 0. The van der Waals surface area contributed by atoms with E-state index in [9.17, 15) is 9.18 Å². The van der Waals surface area contributed by atoms with Crippen LogP contribution < -0.4 is 5.73 Å². The maximum atomic E-state index is 13.3. The van der Waals surface area contributed by atoms with E-state index in [4.69, 9.17) is 24.4 Å². The lowest BCUT2D eigenvalue weighted by Gasteiger charge is -2.23. The van der Waals surface area contributed by atoms with Crippen LogP contribution in [-0.4, -0.2) is 39.9 Å². The van der Waals surface area contributed by atoms with Gasteiger partial charge in [0.2, 0.25) is 0 Å². The molecule has 8 nitrogen and oxygen atoms in total. The molecule has 0 saturated carbocycles. The number of halogens is 1. The van der Waals surface area contributed by atoms with Gasteiger partial charge in [-0.1, -0.05) is 0 Å². The zero-order valence-electron chi connectivity index (χ0n) is 15.7. The van der Waals surface area contributed by atoms with Crippen molar-refractivity contribution in [2.45, 2.75) is 44.1 Å². The molecule has 4 atom stereocenters. The fourth-order valence-electron chi connectivity index (χ4n) is 3.93. The van der Waals surface area contributed by atoms with Crippen LogP contribution in [-0.2, 0) is 14.2 Å². The number of carbonyl (C=O) groups is 1. The highest BCUT2D eigenvalue weighted by molar-refractivity contribution is 6.00. The van der Waals surface area contributed by atoms with Crippen molar-refractivity contribution < 1.29 is 27.8 Å². The Bertz CT molecular complexity index is 1100. The second kappa shape index (κ2) is 6.31. The average molecular weight is 399 g/mol. The van der Waals surface area contributed by atoms with Gasteiger partial charge in [-0.05, 0) is 38.1 Å². The van der Waals surface area contributed by atoms with Crippen molar-refractivity contribution in [3.05, 3.63) is 53.8 Å². The monoisotopic (exact) mass is 399 g/mol. The van der Waals surface area contributed by atoms with Crippen molar-refractivity contribution in [3.8, 4) is 0 Å². The molecular weight excluding hydrogens is 381 g/mol. The molecule has 0 unspecified atom stereocenters. The maximum Gasteiger partial charge on any atom is 0.194 e. The summed E-state index contributed by atoms with van der Waals surface area (Å²) in [5.74, 6) is -1.43. The Labute approximate surface area is 164 Å². The largest absolute Gasteiger partial charge is 0.458 e. The molecule has 1 aromatic carbocycles. The molecule has 9 heteroatoms. The molecule has 3 aromatic rings. The lowest BCUT2D eigenvalue weighted by atomic mass is 9.98. The molecule has 29 heavy (non-hydrogen) atoms. The van der Waals surface area contributed by atoms with Crippen LogP contribution in [0.5, 0.6) is 0 Å². The molecule has 0 bridgehead atoms. The van der Waals surface area contributed by atoms with Crippen molar-refractivity contribution in [2.24, 2.45) is 0 Å². The number of nitrogen functional groups attached to an aromatic ring is 1. The van der Waals surface area contributed by atoms with Crippen LogP contribution in [0.2, 0.25) is 0 Å². The van der Waals surface area contributed by atoms with Gasteiger partial charge in [0.05, 0.1) is 6.26 Å². The van der Waals surface area contributed by atoms with E-state index in [1.165, 1.54) is 36.9 Å². The molecule has 2 aliphatic heterocycles. The summed E-state index contributed by atoms with van der Waals surface area (Å²) in [5.41, 5.74) is 7.61. The van der Waals surface area contributed by atoms with E-state index >= 15 is 0 Å². The number of ether oxygens (including phenoxy) is 3. The summed E-state index contributed by atoms with van der Waals surface area (Å²) in [6.45, 7) is 3.55. The Hall–Kier alpha value is -2.88. The van der Waals surface area contributed by atoms with Gasteiger partial charge < -0.3 is 24.4 Å². The van der Waals surface area contributed by atoms with Crippen LogP contribution in [0.4, 0.5) is 10.2 Å². The predicted molar refractivity (Wildman–Crippen MR) is 98.4 cm³/mol. The summed E-state index contributed by atoms with van der Waals surface area (Å²) < 4.78 is 36.9. The summed E-state index contributed by atoms with van der Waals surface area (Å²) in [6.07, 6.45) is 0.0260. The first-order valence-electron chi connectivity index (χ1n) is 9.12. The molecular formula is C20H18FN3O5. The lowest BCUT2D eigenvalue weighted by Crippen LogP contribution is -2.35.